The summed E-state index contributed by atoms with van der Waals surface area (Å²) in [6.45, 7) is 3.06. The van der Waals surface area contributed by atoms with E-state index >= 15 is 0 Å². The van der Waals surface area contributed by atoms with E-state index in [-0.39, 0.29) is 6.54 Å². The average Bonchev–Trinajstić information content (AvgIpc) is 2.76. The number of aliphatic hydroxyl groups is 1. The molecule has 3 nitrogen and oxygen atoms in total. The van der Waals surface area contributed by atoms with Crippen molar-refractivity contribution in [1.29, 1.82) is 0 Å². The van der Waals surface area contributed by atoms with Gasteiger partial charge >= 0.3 is 0 Å². The summed E-state index contributed by atoms with van der Waals surface area (Å²) in [5, 5.41) is 10.5. The summed E-state index contributed by atoms with van der Waals surface area (Å²) in [7, 11) is 0. The van der Waals surface area contributed by atoms with E-state index in [0.717, 1.165) is 30.8 Å². The molecule has 0 amide bonds. The van der Waals surface area contributed by atoms with E-state index in [1.54, 1.807) is 0 Å². The molecule has 0 bridgehead atoms. The van der Waals surface area contributed by atoms with Gasteiger partial charge in [0.2, 0.25) is 0 Å². The Morgan fingerprint density at radius 3 is 3.00 bits per heavy atom. The highest BCUT2D eigenvalue weighted by molar-refractivity contribution is 5.41. The molecule has 1 aromatic carbocycles. The van der Waals surface area contributed by atoms with Gasteiger partial charge < -0.3 is 15.6 Å². The van der Waals surface area contributed by atoms with E-state index in [0.29, 0.717) is 6.42 Å². The summed E-state index contributed by atoms with van der Waals surface area (Å²) in [6, 6.07) is 5.89. The number of rotatable bonds is 4. The van der Waals surface area contributed by atoms with Crippen molar-refractivity contribution < 1.29 is 9.84 Å². The molecule has 1 aromatic rings. The maximum absolute atomic E-state index is 10.5. The van der Waals surface area contributed by atoms with E-state index in [9.17, 15) is 5.11 Å². The van der Waals surface area contributed by atoms with Crippen LogP contribution >= 0.6 is 0 Å². The second-order valence-electron chi connectivity index (χ2n) is 4.41. The number of nitrogens with two attached hydrogens (primary N) is 1. The monoisotopic (exact) mass is 221 g/mol. The first kappa shape index (κ1) is 11.4. The molecular formula is C13H19NO2. The van der Waals surface area contributed by atoms with Crippen molar-refractivity contribution >= 4 is 0 Å². The fourth-order valence-electron chi connectivity index (χ4n) is 2.25. The quantitative estimate of drug-likeness (QED) is 0.811. The van der Waals surface area contributed by atoms with Gasteiger partial charge in [0.05, 0.1) is 6.61 Å². The van der Waals surface area contributed by atoms with Gasteiger partial charge in [-0.2, -0.15) is 0 Å². The molecule has 0 saturated carbocycles. The molecule has 0 radical (unpaired) electrons. The Labute approximate surface area is 96.2 Å². The molecule has 1 aliphatic heterocycles. The standard InChI is InChI=1S/C13H19NO2/c1-2-6-13(15,9-14)11-3-4-12-10(8-11)5-7-16-12/h3-4,8,15H,2,5-7,9,14H2,1H3. The zero-order valence-corrected chi connectivity index (χ0v) is 9.70. The molecule has 0 aliphatic carbocycles. The lowest BCUT2D eigenvalue weighted by atomic mass is 9.88. The molecule has 0 fully saturated rings. The van der Waals surface area contributed by atoms with Crippen LogP contribution in [0.15, 0.2) is 18.2 Å². The SMILES string of the molecule is CCCC(O)(CN)c1ccc2c(c1)CCO2. The van der Waals surface area contributed by atoms with Crippen LogP contribution in [0.1, 0.15) is 30.9 Å². The first-order valence-corrected chi connectivity index (χ1v) is 5.88. The highest BCUT2D eigenvalue weighted by Gasteiger charge is 2.28. The van der Waals surface area contributed by atoms with E-state index in [4.69, 9.17) is 10.5 Å². The molecule has 1 heterocycles. The van der Waals surface area contributed by atoms with E-state index in [1.165, 1.54) is 5.56 Å². The summed E-state index contributed by atoms with van der Waals surface area (Å²) in [6.07, 6.45) is 2.54. The summed E-state index contributed by atoms with van der Waals surface area (Å²) < 4.78 is 5.45. The number of ether oxygens (including phenoxy) is 1. The van der Waals surface area contributed by atoms with Gasteiger partial charge in [-0.1, -0.05) is 19.4 Å². The molecule has 88 valence electrons. The molecule has 0 spiro atoms. The minimum atomic E-state index is -0.883. The Balaban J connectivity index is 2.32. The molecule has 2 rings (SSSR count). The van der Waals surface area contributed by atoms with Crippen molar-refractivity contribution in [1.82, 2.24) is 0 Å². The van der Waals surface area contributed by atoms with Crippen molar-refractivity contribution in [3.05, 3.63) is 29.3 Å². The maximum atomic E-state index is 10.5. The van der Waals surface area contributed by atoms with Crippen LogP contribution in [0.5, 0.6) is 5.75 Å². The Hall–Kier alpha value is -1.06. The normalized spacial score (nSPS) is 17.7. The lowest BCUT2D eigenvalue weighted by Gasteiger charge is -2.27. The number of benzene rings is 1. The van der Waals surface area contributed by atoms with E-state index in [1.807, 2.05) is 18.2 Å². The Kier molecular flexibility index (Phi) is 3.17. The zero-order valence-electron chi connectivity index (χ0n) is 9.70. The first-order valence-electron chi connectivity index (χ1n) is 5.88. The third kappa shape index (κ3) is 1.93. The van der Waals surface area contributed by atoms with Crippen LogP contribution < -0.4 is 10.5 Å². The second kappa shape index (κ2) is 4.44. The fourth-order valence-corrected chi connectivity index (χ4v) is 2.25. The first-order chi connectivity index (χ1) is 7.69. The van der Waals surface area contributed by atoms with Crippen LogP contribution in [0.3, 0.4) is 0 Å². The van der Waals surface area contributed by atoms with Gasteiger partial charge in [-0.15, -0.1) is 0 Å². The van der Waals surface area contributed by atoms with E-state index < -0.39 is 5.60 Å². The van der Waals surface area contributed by atoms with Gasteiger partial charge in [-0.3, -0.25) is 0 Å². The highest BCUT2D eigenvalue weighted by Crippen LogP contribution is 2.32. The number of fused-ring (bicyclic) bond motifs is 1. The van der Waals surface area contributed by atoms with Crippen molar-refractivity contribution in [2.75, 3.05) is 13.2 Å². The van der Waals surface area contributed by atoms with Crippen LogP contribution in [0.4, 0.5) is 0 Å². The van der Waals surface area contributed by atoms with Crippen LogP contribution in [0, 0.1) is 0 Å². The van der Waals surface area contributed by atoms with Gasteiger partial charge in [-0.25, -0.2) is 0 Å². The largest absolute Gasteiger partial charge is 0.493 e. The number of hydrogen-bond acceptors (Lipinski definition) is 3. The van der Waals surface area contributed by atoms with Crippen molar-refractivity contribution in [2.24, 2.45) is 5.73 Å². The summed E-state index contributed by atoms with van der Waals surface area (Å²) in [4.78, 5) is 0. The predicted molar refractivity (Wildman–Crippen MR) is 63.5 cm³/mol. The maximum Gasteiger partial charge on any atom is 0.122 e. The van der Waals surface area contributed by atoms with Gasteiger partial charge in [0, 0.05) is 13.0 Å². The van der Waals surface area contributed by atoms with Crippen LogP contribution in [0.2, 0.25) is 0 Å². The molecule has 1 unspecified atom stereocenters. The van der Waals surface area contributed by atoms with Gasteiger partial charge in [0.15, 0.2) is 0 Å². The molecule has 3 heteroatoms. The Morgan fingerprint density at radius 1 is 1.50 bits per heavy atom. The predicted octanol–water partition coefficient (Wildman–Crippen LogP) is 1.57. The third-order valence-electron chi connectivity index (χ3n) is 3.23. The van der Waals surface area contributed by atoms with Crippen molar-refractivity contribution in [3.63, 3.8) is 0 Å². The molecule has 1 atom stereocenters. The molecule has 1 aliphatic rings. The summed E-state index contributed by atoms with van der Waals surface area (Å²) in [5.74, 6) is 0.944. The molecule has 16 heavy (non-hydrogen) atoms. The van der Waals surface area contributed by atoms with Crippen LogP contribution in [-0.2, 0) is 12.0 Å². The summed E-state index contributed by atoms with van der Waals surface area (Å²) >= 11 is 0. The minimum Gasteiger partial charge on any atom is -0.493 e. The van der Waals surface area contributed by atoms with E-state index in [2.05, 4.69) is 6.92 Å². The number of hydrogen-bond donors (Lipinski definition) is 2. The van der Waals surface area contributed by atoms with Crippen molar-refractivity contribution in [2.45, 2.75) is 31.8 Å². The topological polar surface area (TPSA) is 55.5 Å². The summed E-state index contributed by atoms with van der Waals surface area (Å²) in [5.41, 5.74) is 6.91. The van der Waals surface area contributed by atoms with Crippen LogP contribution in [-0.4, -0.2) is 18.3 Å². The lowest BCUT2D eigenvalue weighted by Crippen LogP contribution is -2.34. The van der Waals surface area contributed by atoms with Gasteiger partial charge in [0.25, 0.3) is 0 Å². The van der Waals surface area contributed by atoms with Gasteiger partial charge in [0.1, 0.15) is 11.4 Å². The molecule has 3 N–H and O–H groups in total. The van der Waals surface area contributed by atoms with Gasteiger partial charge in [-0.05, 0) is 29.7 Å². The molecular weight excluding hydrogens is 202 g/mol. The fraction of sp³-hybridized carbons (Fsp3) is 0.538. The lowest BCUT2D eigenvalue weighted by molar-refractivity contribution is 0.0359. The second-order valence-corrected chi connectivity index (χ2v) is 4.41. The van der Waals surface area contributed by atoms with Crippen LogP contribution in [0.25, 0.3) is 0 Å². The Bertz CT molecular complexity index is 378. The minimum absolute atomic E-state index is 0.264. The average molecular weight is 221 g/mol. The van der Waals surface area contributed by atoms with Crippen molar-refractivity contribution in [3.8, 4) is 5.75 Å². The Morgan fingerprint density at radius 2 is 2.31 bits per heavy atom. The molecule has 0 saturated heterocycles. The zero-order chi connectivity index (χ0) is 11.6. The smallest absolute Gasteiger partial charge is 0.122 e. The third-order valence-corrected chi connectivity index (χ3v) is 3.23. The molecule has 0 aromatic heterocycles. The highest BCUT2D eigenvalue weighted by atomic mass is 16.5.